The van der Waals surface area contributed by atoms with Crippen molar-refractivity contribution in [2.75, 3.05) is 20.6 Å². The predicted octanol–water partition coefficient (Wildman–Crippen LogP) is 3.82. The Morgan fingerprint density at radius 3 is 2.75 bits per heavy atom. The maximum atomic E-state index is 9.78. The summed E-state index contributed by atoms with van der Waals surface area (Å²) in [6.45, 7) is 1.22. The van der Waals surface area contributed by atoms with Crippen LogP contribution in [-0.2, 0) is 6.42 Å². The first kappa shape index (κ1) is 15.7. The highest BCUT2D eigenvalue weighted by Crippen LogP contribution is 2.48. The third-order valence-electron chi connectivity index (χ3n) is 5.09. The van der Waals surface area contributed by atoms with Crippen molar-refractivity contribution < 1.29 is 5.11 Å². The highest BCUT2D eigenvalue weighted by Gasteiger charge is 2.37. The molecule has 2 aliphatic rings. The molecule has 1 aromatic rings. The van der Waals surface area contributed by atoms with Gasteiger partial charge in [0.05, 0.1) is 0 Å². The van der Waals surface area contributed by atoms with E-state index in [9.17, 15) is 5.11 Å². The predicted molar refractivity (Wildman–Crippen MR) is 85.8 cm³/mol. The highest BCUT2D eigenvalue weighted by molar-refractivity contribution is 5.85. The van der Waals surface area contributed by atoms with E-state index in [1.165, 1.54) is 49.8 Å². The van der Waals surface area contributed by atoms with Crippen LogP contribution >= 0.6 is 12.4 Å². The van der Waals surface area contributed by atoms with Gasteiger partial charge in [-0.1, -0.05) is 12.5 Å². The van der Waals surface area contributed by atoms with Gasteiger partial charge in [0.25, 0.3) is 0 Å². The molecule has 2 aliphatic carbocycles. The Balaban J connectivity index is 0.00000147. The number of benzene rings is 1. The van der Waals surface area contributed by atoms with Gasteiger partial charge in [-0.25, -0.2) is 0 Å². The Bertz CT molecular complexity index is 460. The summed E-state index contributed by atoms with van der Waals surface area (Å²) < 4.78 is 0. The fourth-order valence-electron chi connectivity index (χ4n) is 4.35. The van der Waals surface area contributed by atoms with Gasteiger partial charge in [-0.2, -0.15) is 0 Å². The van der Waals surface area contributed by atoms with Crippen molar-refractivity contribution in [2.45, 2.75) is 38.0 Å². The number of fused-ring (bicyclic) bond motifs is 3. The van der Waals surface area contributed by atoms with E-state index in [1.54, 1.807) is 0 Å². The van der Waals surface area contributed by atoms with Gasteiger partial charge >= 0.3 is 0 Å². The van der Waals surface area contributed by atoms with Crippen LogP contribution in [0.2, 0.25) is 0 Å². The zero-order chi connectivity index (χ0) is 13.4. The largest absolute Gasteiger partial charge is 0.508 e. The van der Waals surface area contributed by atoms with Crippen molar-refractivity contribution in [1.82, 2.24) is 4.90 Å². The summed E-state index contributed by atoms with van der Waals surface area (Å²) >= 11 is 0. The average molecular weight is 296 g/mol. The van der Waals surface area contributed by atoms with E-state index in [2.05, 4.69) is 25.1 Å². The van der Waals surface area contributed by atoms with Gasteiger partial charge in [-0.05, 0) is 80.8 Å². The number of phenols is 1. The van der Waals surface area contributed by atoms with Crippen molar-refractivity contribution in [3.05, 3.63) is 29.3 Å². The summed E-state index contributed by atoms with van der Waals surface area (Å²) in [7, 11) is 4.37. The lowest BCUT2D eigenvalue weighted by Crippen LogP contribution is -2.36. The SMILES string of the molecule is CN(C)CC1CCCC2c3cc(O)ccc3CCC12.Cl. The summed E-state index contributed by atoms with van der Waals surface area (Å²) in [4.78, 5) is 2.34. The number of aromatic hydroxyl groups is 1. The molecule has 0 aliphatic heterocycles. The molecular weight excluding hydrogens is 270 g/mol. The minimum absolute atomic E-state index is 0. The van der Waals surface area contributed by atoms with Gasteiger partial charge < -0.3 is 10.0 Å². The van der Waals surface area contributed by atoms with Crippen LogP contribution in [0, 0.1) is 11.8 Å². The maximum Gasteiger partial charge on any atom is 0.115 e. The Morgan fingerprint density at radius 1 is 1.20 bits per heavy atom. The van der Waals surface area contributed by atoms with E-state index in [0.717, 1.165) is 11.8 Å². The summed E-state index contributed by atoms with van der Waals surface area (Å²) in [5.74, 6) is 2.79. The molecule has 0 aromatic heterocycles. The second-order valence-corrected chi connectivity index (χ2v) is 6.65. The topological polar surface area (TPSA) is 23.5 Å². The van der Waals surface area contributed by atoms with E-state index in [4.69, 9.17) is 0 Å². The maximum absolute atomic E-state index is 9.78. The quantitative estimate of drug-likeness (QED) is 0.896. The Hall–Kier alpha value is -0.730. The van der Waals surface area contributed by atoms with Crippen LogP contribution in [-0.4, -0.2) is 30.6 Å². The van der Waals surface area contributed by atoms with Crippen molar-refractivity contribution in [1.29, 1.82) is 0 Å². The van der Waals surface area contributed by atoms with Crippen LogP contribution < -0.4 is 0 Å². The highest BCUT2D eigenvalue weighted by atomic mass is 35.5. The lowest BCUT2D eigenvalue weighted by atomic mass is 9.63. The monoisotopic (exact) mass is 295 g/mol. The number of hydrogen-bond donors (Lipinski definition) is 1. The first-order valence-corrected chi connectivity index (χ1v) is 7.61. The zero-order valence-corrected chi connectivity index (χ0v) is 13.3. The molecule has 1 aromatic carbocycles. The zero-order valence-electron chi connectivity index (χ0n) is 12.5. The molecular formula is C17H26ClNO. The van der Waals surface area contributed by atoms with Gasteiger partial charge in [0.2, 0.25) is 0 Å². The Kier molecular flexibility index (Phi) is 4.98. The molecule has 1 N–H and O–H groups in total. The van der Waals surface area contributed by atoms with Crippen molar-refractivity contribution in [3.63, 3.8) is 0 Å². The summed E-state index contributed by atoms with van der Waals surface area (Å²) in [5.41, 5.74) is 2.92. The number of phenolic OH excluding ortho intramolecular Hbond substituents is 1. The van der Waals surface area contributed by atoms with Crippen LogP contribution in [0.5, 0.6) is 5.75 Å². The smallest absolute Gasteiger partial charge is 0.115 e. The van der Waals surface area contributed by atoms with Crippen LogP contribution in [0.15, 0.2) is 18.2 Å². The van der Waals surface area contributed by atoms with E-state index >= 15 is 0 Å². The molecule has 3 rings (SSSR count). The van der Waals surface area contributed by atoms with Gasteiger partial charge in [0.15, 0.2) is 0 Å². The van der Waals surface area contributed by atoms with Crippen LogP contribution in [0.4, 0.5) is 0 Å². The first-order chi connectivity index (χ1) is 9.15. The lowest BCUT2D eigenvalue weighted by molar-refractivity contribution is 0.145. The van der Waals surface area contributed by atoms with Gasteiger partial charge in [0, 0.05) is 6.54 Å². The van der Waals surface area contributed by atoms with Gasteiger partial charge in [0.1, 0.15) is 5.75 Å². The number of halogens is 1. The first-order valence-electron chi connectivity index (χ1n) is 7.61. The molecule has 0 saturated heterocycles. The summed E-state index contributed by atoms with van der Waals surface area (Å²) in [5, 5.41) is 9.78. The van der Waals surface area contributed by atoms with Crippen molar-refractivity contribution >= 4 is 12.4 Å². The molecule has 1 saturated carbocycles. The Labute approximate surface area is 128 Å². The molecule has 0 bridgehead atoms. The number of aryl methyl sites for hydroxylation is 1. The summed E-state index contributed by atoms with van der Waals surface area (Å²) in [6, 6.07) is 6.01. The second-order valence-electron chi connectivity index (χ2n) is 6.65. The molecule has 0 heterocycles. The Morgan fingerprint density at radius 2 is 2.00 bits per heavy atom. The second kappa shape index (κ2) is 6.36. The number of nitrogens with zero attached hydrogens (tertiary/aromatic N) is 1. The minimum atomic E-state index is 0. The molecule has 2 nitrogen and oxygen atoms in total. The van der Waals surface area contributed by atoms with E-state index < -0.39 is 0 Å². The average Bonchev–Trinajstić information content (AvgIpc) is 2.38. The van der Waals surface area contributed by atoms with Crippen molar-refractivity contribution in [3.8, 4) is 5.75 Å². The van der Waals surface area contributed by atoms with Crippen LogP contribution in [0.25, 0.3) is 0 Å². The van der Waals surface area contributed by atoms with Crippen LogP contribution in [0.3, 0.4) is 0 Å². The number of hydrogen-bond acceptors (Lipinski definition) is 2. The van der Waals surface area contributed by atoms with E-state index in [-0.39, 0.29) is 12.4 Å². The standard InChI is InChI=1S/C17H25NO.ClH/c1-18(2)11-13-4-3-5-16-15(13)9-7-12-6-8-14(19)10-17(12)16;/h6,8,10,13,15-16,19H,3-5,7,9,11H2,1-2H3;1H. The molecule has 112 valence electrons. The fraction of sp³-hybridized carbons (Fsp3) is 0.647. The molecule has 0 spiro atoms. The van der Waals surface area contributed by atoms with E-state index in [1.807, 2.05) is 12.1 Å². The normalized spacial score (nSPS) is 28.4. The molecule has 20 heavy (non-hydrogen) atoms. The van der Waals surface area contributed by atoms with E-state index in [0.29, 0.717) is 11.7 Å². The summed E-state index contributed by atoms with van der Waals surface area (Å²) in [6.07, 6.45) is 6.56. The molecule has 1 fully saturated rings. The number of rotatable bonds is 2. The molecule has 0 amide bonds. The van der Waals surface area contributed by atoms with Crippen LogP contribution in [0.1, 0.15) is 42.7 Å². The molecule has 3 unspecified atom stereocenters. The fourth-order valence-corrected chi connectivity index (χ4v) is 4.35. The lowest BCUT2D eigenvalue weighted by Gasteiger charge is -2.43. The third-order valence-corrected chi connectivity index (χ3v) is 5.09. The third kappa shape index (κ3) is 2.96. The minimum Gasteiger partial charge on any atom is -0.508 e. The molecule has 0 radical (unpaired) electrons. The van der Waals surface area contributed by atoms with Crippen molar-refractivity contribution in [2.24, 2.45) is 11.8 Å². The van der Waals surface area contributed by atoms with Gasteiger partial charge in [-0.15, -0.1) is 12.4 Å². The molecule has 3 heteroatoms. The molecule has 3 atom stereocenters. The van der Waals surface area contributed by atoms with Gasteiger partial charge in [-0.3, -0.25) is 0 Å².